The van der Waals surface area contributed by atoms with E-state index in [0.717, 1.165) is 10.5 Å². The number of halogens is 2. The number of aromatic nitrogens is 2. The van der Waals surface area contributed by atoms with Gasteiger partial charge in [-0.3, -0.25) is 4.79 Å². The first-order valence-corrected chi connectivity index (χ1v) is 11.9. The molecule has 1 aliphatic rings. The van der Waals surface area contributed by atoms with Gasteiger partial charge in [-0.25, -0.2) is 9.07 Å². The molecule has 1 N–H and O–H groups in total. The Morgan fingerprint density at radius 3 is 2.66 bits per heavy atom. The molecule has 0 aliphatic carbocycles. The SMILES string of the molecule is N#CC(C=O)(C(=O)Nc1cccc(Cl)c1)c1nn(-c2ccc(F)cc2)c2c1CSc1ccccc1-2. The zero-order valence-corrected chi connectivity index (χ0v) is 19.6. The second kappa shape index (κ2) is 9.02. The first kappa shape index (κ1) is 22.8. The van der Waals surface area contributed by atoms with Gasteiger partial charge >= 0.3 is 0 Å². The molecule has 1 unspecified atom stereocenters. The van der Waals surface area contributed by atoms with E-state index in [4.69, 9.17) is 11.6 Å². The number of carbonyl (C=O) groups excluding carboxylic acids is 2. The molecule has 0 fully saturated rings. The van der Waals surface area contributed by atoms with Gasteiger partial charge in [-0.2, -0.15) is 10.4 Å². The summed E-state index contributed by atoms with van der Waals surface area (Å²) in [5.41, 5.74) is 0.778. The van der Waals surface area contributed by atoms with Crippen LogP contribution in [0.25, 0.3) is 16.9 Å². The summed E-state index contributed by atoms with van der Waals surface area (Å²) in [6.45, 7) is 0. The van der Waals surface area contributed by atoms with Gasteiger partial charge in [0.15, 0.2) is 6.29 Å². The van der Waals surface area contributed by atoms with Crippen molar-refractivity contribution in [2.24, 2.45) is 0 Å². The van der Waals surface area contributed by atoms with Crippen molar-refractivity contribution in [3.8, 4) is 23.0 Å². The van der Waals surface area contributed by atoms with E-state index in [1.54, 1.807) is 35.0 Å². The fourth-order valence-electron chi connectivity index (χ4n) is 4.03. The first-order chi connectivity index (χ1) is 17.0. The van der Waals surface area contributed by atoms with Crippen LogP contribution in [0.5, 0.6) is 0 Å². The van der Waals surface area contributed by atoms with Gasteiger partial charge in [0.05, 0.1) is 17.5 Å². The van der Waals surface area contributed by atoms with Crippen molar-refractivity contribution in [2.45, 2.75) is 16.1 Å². The zero-order chi connectivity index (χ0) is 24.6. The molecule has 0 radical (unpaired) electrons. The second-order valence-electron chi connectivity index (χ2n) is 7.85. The van der Waals surface area contributed by atoms with Crippen molar-refractivity contribution in [2.75, 3.05) is 5.32 Å². The van der Waals surface area contributed by atoms with Crippen LogP contribution in [-0.4, -0.2) is 22.0 Å². The van der Waals surface area contributed by atoms with Crippen LogP contribution in [0, 0.1) is 17.1 Å². The Morgan fingerprint density at radius 2 is 1.94 bits per heavy atom. The third kappa shape index (κ3) is 3.89. The molecule has 0 saturated heterocycles. The van der Waals surface area contributed by atoms with Gasteiger partial charge in [0.1, 0.15) is 11.5 Å². The monoisotopic (exact) mass is 502 g/mol. The summed E-state index contributed by atoms with van der Waals surface area (Å²) in [6, 6.07) is 21.7. The van der Waals surface area contributed by atoms with E-state index in [2.05, 4.69) is 10.4 Å². The van der Waals surface area contributed by atoms with Crippen LogP contribution in [0.2, 0.25) is 5.02 Å². The lowest BCUT2D eigenvalue weighted by Crippen LogP contribution is -2.42. The standard InChI is InChI=1S/C26H16ClFN4O2S/c27-16-4-3-5-18(12-16)30-25(34)26(14-29,15-33)24-21-13-35-22-7-2-1-6-20(22)23(21)32(31-24)19-10-8-17(28)9-11-19/h1-12,15H,13H2,(H,30,34). The maximum Gasteiger partial charge on any atom is 0.258 e. The number of anilines is 1. The highest BCUT2D eigenvalue weighted by molar-refractivity contribution is 7.98. The molecular weight excluding hydrogens is 487 g/mol. The van der Waals surface area contributed by atoms with Gasteiger partial charge in [-0.05, 0) is 48.5 Å². The van der Waals surface area contributed by atoms with Gasteiger partial charge in [0.25, 0.3) is 5.91 Å². The summed E-state index contributed by atoms with van der Waals surface area (Å²) in [6.07, 6.45) is 0.315. The molecule has 2 heterocycles. The average molecular weight is 503 g/mol. The number of nitrogens with zero attached hydrogens (tertiary/aromatic N) is 3. The second-order valence-corrected chi connectivity index (χ2v) is 9.30. The molecular formula is C26H16ClFN4O2S. The number of hydrogen-bond acceptors (Lipinski definition) is 5. The fraction of sp³-hybridized carbons (Fsp3) is 0.0769. The lowest BCUT2D eigenvalue weighted by molar-refractivity contribution is -0.125. The number of fused-ring (bicyclic) bond motifs is 3. The van der Waals surface area contributed by atoms with Gasteiger partial charge < -0.3 is 10.1 Å². The number of thioether (sulfide) groups is 1. The Bertz CT molecular complexity index is 1510. The summed E-state index contributed by atoms with van der Waals surface area (Å²) >= 11 is 7.54. The van der Waals surface area contributed by atoms with Crippen molar-refractivity contribution in [1.82, 2.24) is 9.78 Å². The predicted molar refractivity (Wildman–Crippen MR) is 132 cm³/mol. The van der Waals surface area contributed by atoms with Crippen molar-refractivity contribution < 1.29 is 14.0 Å². The number of amides is 1. The van der Waals surface area contributed by atoms with Gasteiger partial charge in [-0.1, -0.05) is 35.9 Å². The fourth-order valence-corrected chi connectivity index (χ4v) is 5.29. The van der Waals surface area contributed by atoms with Crippen LogP contribution >= 0.6 is 23.4 Å². The molecule has 4 aromatic rings. The van der Waals surface area contributed by atoms with E-state index in [0.29, 0.717) is 39.7 Å². The molecule has 3 aromatic carbocycles. The van der Waals surface area contributed by atoms with E-state index in [1.807, 2.05) is 30.3 Å². The molecule has 1 aromatic heterocycles. The molecule has 5 rings (SSSR count). The number of hydrogen-bond donors (Lipinski definition) is 1. The molecule has 0 saturated carbocycles. The Balaban J connectivity index is 1.71. The largest absolute Gasteiger partial charge is 0.324 e. The third-order valence-electron chi connectivity index (χ3n) is 5.74. The van der Waals surface area contributed by atoms with Gasteiger partial charge in [-0.15, -0.1) is 11.8 Å². The van der Waals surface area contributed by atoms with Gasteiger partial charge in [0.2, 0.25) is 5.41 Å². The summed E-state index contributed by atoms with van der Waals surface area (Å²) in [5, 5.41) is 17.8. The number of aldehydes is 1. The third-order valence-corrected chi connectivity index (χ3v) is 7.07. The lowest BCUT2D eigenvalue weighted by atomic mass is 9.83. The molecule has 1 amide bonds. The van der Waals surface area contributed by atoms with Gasteiger partial charge in [0, 0.05) is 32.5 Å². The summed E-state index contributed by atoms with van der Waals surface area (Å²) in [5.74, 6) is -0.858. The minimum atomic E-state index is -2.22. The summed E-state index contributed by atoms with van der Waals surface area (Å²) in [7, 11) is 0. The van der Waals surface area contributed by atoms with Crippen LogP contribution in [0.15, 0.2) is 77.7 Å². The molecule has 35 heavy (non-hydrogen) atoms. The van der Waals surface area contributed by atoms with E-state index >= 15 is 0 Å². The number of rotatable bonds is 5. The molecule has 6 nitrogen and oxygen atoms in total. The molecule has 0 bridgehead atoms. The van der Waals surface area contributed by atoms with Crippen LogP contribution < -0.4 is 5.32 Å². The maximum absolute atomic E-state index is 13.6. The number of carbonyl (C=O) groups is 2. The van der Waals surface area contributed by atoms with Crippen molar-refractivity contribution in [3.05, 3.63) is 94.9 Å². The minimum absolute atomic E-state index is 0.0378. The number of benzene rings is 3. The highest BCUT2D eigenvalue weighted by Gasteiger charge is 2.47. The van der Waals surface area contributed by atoms with E-state index in [1.165, 1.54) is 30.0 Å². The molecule has 1 atom stereocenters. The van der Waals surface area contributed by atoms with Crippen LogP contribution in [0.1, 0.15) is 11.3 Å². The molecule has 172 valence electrons. The first-order valence-electron chi connectivity index (χ1n) is 10.5. The molecule has 0 spiro atoms. The molecule has 1 aliphatic heterocycles. The van der Waals surface area contributed by atoms with Crippen LogP contribution in [0.4, 0.5) is 10.1 Å². The smallest absolute Gasteiger partial charge is 0.258 e. The highest BCUT2D eigenvalue weighted by Crippen LogP contribution is 2.45. The predicted octanol–water partition coefficient (Wildman–Crippen LogP) is 5.54. The Labute approximate surface area is 209 Å². The zero-order valence-electron chi connectivity index (χ0n) is 18.0. The van der Waals surface area contributed by atoms with Crippen molar-refractivity contribution >= 4 is 41.2 Å². The summed E-state index contributed by atoms with van der Waals surface area (Å²) < 4.78 is 15.2. The van der Waals surface area contributed by atoms with Crippen LogP contribution in [0.3, 0.4) is 0 Å². The Kier molecular flexibility index (Phi) is 5.89. The normalized spacial score (nSPS) is 13.6. The highest BCUT2D eigenvalue weighted by atomic mass is 35.5. The van der Waals surface area contributed by atoms with Crippen molar-refractivity contribution in [1.29, 1.82) is 5.26 Å². The Morgan fingerprint density at radius 1 is 1.17 bits per heavy atom. The quantitative estimate of drug-likeness (QED) is 0.286. The number of nitrogens with one attached hydrogen (secondary N) is 1. The lowest BCUT2D eigenvalue weighted by Gasteiger charge is -2.21. The maximum atomic E-state index is 13.6. The summed E-state index contributed by atoms with van der Waals surface area (Å²) in [4.78, 5) is 26.9. The number of nitriles is 1. The van der Waals surface area contributed by atoms with E-state index < -0.39 is 17.1 Å². The Hall–Kier alpha value is -3.93. The minimum Gasteiger partial charge on any atom is -0.324 e. The van der Waals surface area contributed by atoms with E-state index in [-0.39, 0.29) is 5.69 Å². The van der Waals surface area contributed by atoms with Crippen molar-refractivity contribution in [3.63, 3.8) is 0 Å². The molecule has 9 heteroatoms. The van der Waals surface area contributed by atoms with E-state index in [9.17, 15) is 19.2 Å². The van der Waals surface area contributed by atoms with Crippen LogP contribution in [-0.2, 0) is 20.8 Å². The average Bonchev–Trinajstić information content (AvgIpc) is 3.26. The topological polar surface area (TPSA) is 87.8 Å².